The third kappa shape index (κ3) is 4.84. The third-order valence-corrected chi connectivity index (χ3v) is 9.32. The van der Waals surface area contributed by atoms with Gasteiger partial charge in [-0.25, -0.2) is 13.1 Å². The van der Waals surface area contributed by atoms with Gasteiger partial charge in [-0.3, -0.25) is 4.79 Å². The summed E-state index contributed by atoms with van der Waals surface area (Å²) in [7, 11) is -3.61. The average molecular weight is 534 g/mol. The minimum Gasteiger partial charge on any atom is -0.454 e. The van der Waals surface area contributed by atoms with Crippen LogP contribution in [-0.2, 0) is 31.4 Å². The van der Waals surface area contributed by atoms with Gasteiger partial charge in [-0.05, 0) is 84.7 Å². The van der Waals surface area contributed by atoms with E-state index < -0.39 is 15.4 Å². The van der Waals surface area contributed by atoms with Crippen LogP contribution in [0.3, 0.4) is 0 Å². The van der Waals surface area contributed by atoms with Crippen LogP contribution < -0.4 is 14.2 Å². The van der Waals surface area contributed by atoms with Crippen molar-refractivity contribution in [3.05, 3.63) is 77.4 Å². The van der Waals surface area contributed by atoms with E-state index in [1.807, 2.05) is 55.5 Å². The second kappa shape index (κ2) is 9.84. The molecule has 3 aromatic carbocycles. The molecule has 0 aromatic heterocycles. The number of benzene rings is 3. The molecular weight excluding hydrogens is 502 g/mol. The third-order valence-electron chi connectivity index (χ3n) is 7.88. The molecule has 1 N–H and O–H groups in total. The number of sulfonamides is 1. The number of aryl methyl sites for hydroxylation is 1. The van der Waals surface area contributed by atoms with E-state index in [0.29, 0.717) is 18.8 Å². The Labute approximate surface area is 223 Å². The van der Waals surface area contributed by atoms with Crippen molar-refractivity contribution in [3.63, 3.8) is 0 Å². The van der Waals surface area contributed by atoms with Crippen LogP contribution >= 0.6 is 0 Å². The zero-order chi connectivity index (χ0) is 26.3. The van der Waals surface area contributed by atoms with Crippen LogP contribution in [-0.4, -0.2) is 40.2 Å². The van der Waals surface area contributed by atoms with Crippen LogP contribution in [0.15, 0.2) is 65.6 Å². The zero-order valence-electron chi connectivity index (χ0n) is 21.4. The molecule has 1 saturated carbocycles. The molecule has 2 aliphatic heterocycles. The van der Waals surface area contributed by atoms with Crippen LogP contribution in [0, 0.1) is 6.92 Å². The molecule has 0 unspecified atom stereocenters. The molecule has 1 atom stereocenters. The van der Waals surface area contributed by atoms with Crippen LogP contribution in [0.4, 0.5) is 0 Å². The van der Waals surface area contributed by atoms with Gasteiger partial charge in [-0.2, -0.15) is 0 Å². The molecule has 0 radical (unpaired) electrons. The summed E-state index contributed by atoms with van der Waals surface area (Å²) in [6, 6.07) is 18.8. The summed E-state index contributed by atoms with van der Waals surface area (Å²) in [6.45, 7) is 3.20. The van der Waals surface area contributed by atoms with E-state index in [4.69, 9.17) is 14.2 Å². The van der Waals surface area contributed by atoms with Gasteiger partial charge in [0.25, 0.3) is 0 Å². The van der Waals surface area contributed by atoms with Gasteiger partial charge in [0, 0.05) is 19.6 Å². The lowest BCUT2D eigenvalue weighted by Gasteiger charge is -2.16. The number of Topliss-reactive ketones (excluding diaryl/α,β-unsaturated/α-hetero) is 1. The second-order valence-corrected chi connectivity index (χ2v) is 12.2. The summed E-state index contributed by atoms with van der Waals surface area (Å²) >= 11 is 0. The number of ketones is 1. The number of fused-ring (bicyclic) bond motifs is 1. The fourth-order valence-electron chi connectivity index (χ4n) is 5.40. The van der Waals surface area contributed by atoms with Crippen molar-refractivity contribution in [2.45, 2.75) is 55.4 Å². The average Bonchev–Trinajstić information content (AvgIpc) is 3.32. The van der Waals surface area contributed by atoms with Crippen molar-refractivity contribution in [1.29, 1.82) is 0 Å². The monoisotopic (exact) mass is 533 g/mol. The van der Waals surface area contributed by atoms with E-state index in [9.17, 15) is 13.2 Å². The van der Waals surface area contributed by atoms with E-state index in [1.165, 1.54) is 0 Å². The maximum absolute atomic E-state index is 13.5. The summed E-state index contributed by atoms with van der Waals surface area (Å²) < 4.78 is 44.6. The highest BCUT2D eigenvalue weighted by atomic mass is 32.2. The van der Waals surface area contributed by atoms with E-state index in [0.717, 1.165) is 59.3 Å². The Balaban J connectivity index is 1.17. The Morgan fingerprint density at radius 1 is 1.00 bits per heavy atom. The molecular formula is C30H31NO6S. The number of hydrogen-bond donors (Lipinski definition) is 1. The van der Waals surface area contributed by atoms with Crippen molar-refractivity contribution in [2.24, 2.45) is 0 Å². The summed E-state index contributed by atoms with van der Waals surface area (Å²) in [5, 5.41) is 0. The first-order chi connectivity index (χ1) is 18.3. The Morgan fingerprint density at radius 2 is 1.79 bits per heavy atom. The molecule has 0 bridgehead atoms. The number of rotatable bonds is 9. The fraction of sp³-hybridized carbons (Fsp3) is 0.367. The summed E-state index contributed by atoms with van der Waals surface area (Å²) in [5.41, 5.74) is 4.43. The smallest absolute Gasteiger partial charge is 0.240 e. The number of carbonyl (C=O) groups is 1. The molecule has 38 heavy (non-hydrogen) atoms. The maximum atomic E-state index is 13.5. The van der Waals surface area contributed by atoms with Crippen LogP contribution in [0.1, 0.15) is 42.4 Å². The molecule has 7 nitrogen and oxygen atoms in total. The van der Waals surface area contributed by atoms with E-state index in [-0.39, 0.29) is 30.1 Å². The number of hydrogen-bond acceptors (Lipinski definition) is 6. The Kier molecular flexibility index (Phi) is 6.50. The topological polar surface area (TPSA) is 90.9 Å². The highest BCUT2D eigenvalue weighted by molar-refractivity contribution is 7.89. The highest BCUT2D eigenvalue weighted by Gasteiger charge is 2.50. The molecule has 2 fully saturated rings. The van der Waals surface area contributed by atoms with E-state index >= 15 is 0 Å². The maximum Gasteiger partial charge on any atom is 0.240 e. The van der Waals surface area contributed by atoms with Gasteiger partial charge in [0.05, 0.1) is 16.4 Å². The van der Waals surface area contributed by atoms with Crippen LogP contribution in [0.2, 0.25) is 0 Å². The highest BCUT2D eigenvalue weighted by Crippen LogP contribution is 2.51. The first kappa shape index (κ1) is 25.1. The minimum absolute atomic E-state index is 0.0584. The van der Waals surface area contributed by atoms with Crippen LogP contribution in [0.5, 0.6) is 11.5 Å². The number of carbonyl (C=O) groups excluding carboxylic acids is 1. The predicted molar refractivity (Wildman–Crippen MR) is 143 cm³/mol. The number of ether oxygens (including phenoxy) is 3. The predicted octanol–water partition coefficient (Wildman–Crippen LogP) is 4.69. The van der Waals surface area contributed by atoms with Gasteiger partial charge in [0.1, 0.15) is 5.78 Å². The lowest BCUT2D eigenvalue weighted by Crippen LogP contribution is -2.31. The molecule has 1 aliphatic carbocycles. The standard InChI is InChI=1S/C30H31NO6S/c1-20-4-5-21(16-29(32)30(12-13-30)23-8-11-27-28(17-23)37-19-36-27)15-26(20)22-6-9-25(10-7-22)38(33,34)31-18-24-3-2-14-35-24/h4-11,15,17,24,31H,2-3,12-14,16,18-19H2,1H3/t24-/m0/s1. The van der Waals surface area contributed by atoms with Gasteiger partial charge in [-0.15, -0.1) is 0 Å². The van der Waals surface area contributed by atoms with Crippen molar-refractivity contribution in [2.75, 3.05) is 19.9 Å². The SMILES string of the molecule is Cc1ccc(CC(=O)C2(c3ccc4c(c3)OCO4)CC2)cc1-c1ccc(S(=O)(=O)NC[C@@H]2CCCO2)cc1. The minimum atomic E-state index is -3.61. The molecule has 0 amide bonds. The van der Waals surface area contributed by atoms with Crippen molar-refractivity contribution < 1.29 is 27.4 Å². The molecule has 8 heteroatoms. The molecule has 198 valence electrons. The van der Waals surface area contributed by atoms with Gasteiger partial charge in [0.15, 0.2) is 11.5 Å². The molecule has 6 rings (SSSR count). The van der Waals surface area contributed by atoms with Crippen molar-refractivity contribution in [1.82, 2.24) is 4.72 Å². The molecule has 2 heterocycles. The second-order valence-electron chi connectivity index (χ2n) is 10.4. The Hall–Kier alpha value is -3.20. The Morgan fingerprint density at radius 3 is 2.53 bits per heavy atom. The summed E-state index contributed by atoms with van der Waals surface area (Å²) in [5.74, 6) is 1.62. The Bertz CT molecular complexity index is 1470. The lowest BCUT2D eigenvalue weighted by molar-refractivity contribution is -0.120. The molecule has 3 aromatic rings. The summed E-state index contributed by atoms with van der Waals surface area (Å²) in [6.07, 6.45) is 3.78. The van der Waals surface area contributed by atoms with E-state index in [1.54, 1.807) is 12.1 Å². The van der Waals surface area contributed by atoms with Gasteiger partial charge >= 0.3 is 0 Å². The van der Waals surface area contributed by atoms with Crippen molar-refractivity contribution in [3.8, 4) is 22.6 Å². The number of nitrogens with one attached hydrogen (secondary N) is 1. The lowest BCUT2D eigenvalue weighted by atomic mass is 9.87. The molecule has 1 saturated heterocycles. The zero-order valence-corrected chi connectivity index (χ0v) is 22.2. The van der Waals surface area contributed by atoms with Gasteiger partial charge in [-0.1, -0.05) is 36.4 Å². The molecule has 0 spiro atoms. The molecule has 3 aliphatic rings. The van der Waals surface area contributed by atoms with Crippen LogP contribution in [0.25, 0.3) is 11.1 Å². The normalized spacial score (nSPS) is 19.4. The van der Waals surface area contributed by atoms with Gasteiger partial charge < -0.3 is 14.2 Å². The quantitative estimate of drug-likeness (QED) is 0.429. The van der Waals surface area contributed by atoms with E-state index in [2.05, 4.69) is 4.72 Å². The van der Waals surface area contributed by atoms with Crippen molar-refractivity contribution >= 4 is 15.8 Å². The fourth-order valence-corrected chi connectivity index (χ4v) is 6.46. The van der Waals surface area contributed by atoms with Gasteiger partial charge in [0.2, 0.25) is 16.8 Å². The first-order valence-corrected chi connectivity index (χ1v) is 14.6. The largest absolute Gasteiger partial charge is 0.454 e. The summed E-state index contributed by atoms with van der Waals surface area (Å²) in [4.78, 5) is 13.7. The first-order valence-electron chi connectivity index (χ1n) is 13.1.